The van der Waals surface area contributed by atoms with E-state index in [4.69, 9.17) is 9.84 Å². The first-order chi connectivity index (χ1) is 11.5. The molecule has 2 amide bonds. The van der Waals surface area contributed by atoms with Crippen LogP contribution >= 0.6 is 0 Å². The molecule has 0 atom stereocenters. The Morgan fingerprint density at radius 2 is 1.75 bits per heavy atom. The third kappa shape index (κ3) is 5.45. The Hall–Kier alpha value is -3.35. The number of amides is 2. The summed E-state index contributed by atoms with van der Waals surface area (Å²) in [6.45, 7) is -0.779. The van der Waals surface area contributed by atoms with E-state index in [1.54, 1.807) is 48.5 Å². The van der Waals surface area contributed by atoms with Crippen LogP contribution in [-0.4, -0.2) is 36.0 Å². The van der Waals surface area contributed by atoms with E-state index in [1.807, 2.05) is 6.07 Å². The summed E-state index contributed by atoms with van der Waals surface area (Å²) < 4.78 is 5.27. The van der Waals surface area contributed by atoms with Gasteiger partial charge in [0, 0.05) is 17.3 Å². The third-order valence-corrected chi connectivity index (χ3v) is 2.93. The molecule has 0 heterocycles. The van der Waals surface area contributed by atoms with Gasteiger partial charge in [0.05, 0.1) is 0 Å². The molecule has 0 radical (unpaired) electrons. The number of nitrogens with one attached hydrogen (secondary N) is 2. The SMILES string of the molecule is O=C(O)CNC(=O)COc1cccc(NC(=O)c2ccccc2)c1. The van der Waals surface area contributed by atoms with Gasteiger partial charge in [0.2, 0.25) is 0 Å². The van der Waals surface area contributed by atoms with Crippen LogP contribution in [0.2, 0.25) is 0 Å². The molecule has 0 aliphatic heterocycles. The first-order valence-corrected chi connectivity index (χ1v) is 7.12. The second kappa shape index (κ2) is 8.33. The van der Waals surface area contributed by atoms with Crippen LogP contribution in [0, 0.1) is 0 Å². The molecule has 2 aromatic rings. The molecule has 24 heavy (non-hydrogen) atoms. The molecule has 0 saturated carbocycles. The average Bonchev–Trinajstić information content (AvgIpc) is 2.59. The molecule has 7 heteroatoms. The summed E-state index contributed by atoms with van der Waals surface area (Å²) in [4.78, 5) is 33.8. The maximum atomic E-state index is 12.1. The molecular formula is C17H16N2O5. The minimum absolute atomic E-state index is 0.257. The third-order valence-electron chi connectivity index (χ3n) is 2.93. The maximum Gasteiger partial charge on any atom is 0.322 e. The number of benzene rings is 2. The average molecular weight is 328 g/mol. The smallest absolute Gasteiger partial charge is 0.322 e. The zero-order valence-electron chi connectivity index (χ0n) is 12.7. The Labute approximate surface area is 138 Å². The molecular weight excluding hydrogens is 312 g/mol. The summed E-state index contributed by atoms with van der Waals surface area (Å²) in [5, 5.41) is 13.4. The van der Waals surface area contributed by atoms with E-state index in [1.165, 1.54) is 0 Å². The Kier molecular flexibility index (Phi) is 5.90. The summed E-state index contributed by atoms with van der Waals surface area (Å²) >= 11 is 0. The second-order valence-electron chi connectivity index (χ2n) is 4.81. The largest absolute Gasteiger partial charge is 0.484 e. The number of anilines is 1. The highest BCUT2D eigenvalue weighted by molar-refractivity contribution is 6.04. The van der Waals surface area contributed by atoms with Gasteiger partial charge in [-0.3, -0.25) is 14.4 Å². The summed E-state index contributed by atoms with van der Waals surface area (Å²) in [7, 11) is 0. The molecule has 3 N–H and O–H groups in total. The lowest BCUT2D eigenvalue weighted by atomic mass is 10.2. The van der Waals surface area contributed by atoms with E-state index in [0.29, 0.717) is 17.0 Å². The zero-order valence-corrected chi connectivity index (χ0v) is 12.7. The fraction of sp³-hybridized carbons (Fsp3) is 0.118. The van der Waals surface area contributed by atoms with Crippen molar-refractivity contribution in [1.82, 2.24) is 5.32 Å². The number of rotatable bonds is 7. The fourth-order valence-electron chi connectivity index (χ4n) is 1.83. The van der Waals surface area contributed by atoms with Crippen molar-refractivity contribution in [1.29, 1.82) is 0 Å². The molecule has 0 aliphatic carbocycles. The molecule has 0 aliphatic rings. The van der Waals surface area contributed by atoms with Crippen molar-refractivity contribution in [2.24, 2.45) is 0 Å². The van der Waals surface area contributed by atoms with Gasteiger partial charge < -0.3 is 20.5 Å². The van der Waals surface area contributed by atoms with Gasteiger partial charge in [0.25, 0.3) is 11.8 Å². The van der Waals surface area contributed by atoms with Gasteiger partial charge in [-0.15, -0.1) is 0 Å². The second-order valence-corrected chi connectivity index (χ2v) is 4.81. The van der Waals surface area contributed by atoms with Crippen LogP contribution < -0.4 is 15.4 Å². The maximum absolute atomic E-state index is 12.1. The molecule has 2 rings (SSSR count). The lowest BCUT2D eigenvalue weighted by molar-refractivity contribution is -0.138. The number of carbonyl (C=O) groups is 3. The van der Waals surface area contributed by atoms with Gasteiger partial charge in [-0.2, -0.15) is 0 Å². The van der Waals surface area contributed by atoms with Crippen LogP contribution in [-0.2, 0) is 9.59 Å². The Morgan fingerprint density at radius 1 is 1.00 bits per heavy atom. The minimum atomic E-state index is -1.13. The predicted octanol–water partition coefficient (Wildman–Crippen LogP) is 1.52. The Morgan fingerprint density at radius 3 is 2.46 bits per heavy atom. The van der Waals surface area contributed by atoms with Crippen molar-refractivity contribution in [2.45, 2.75) is 0 Å². The minimum Gasteiger partial charge on any atom is -0.484 e. The first kappa shape index (κ1) is 17.0. The molecule has 0 saturated heterocycles. The van der Waals surface area contributed by atoms with Crippen LogP contribution in [0.15, 0.2) is 54.6 Å². The number of carboxylic acid groups (broad SMARTS) is 1. The fourth-order valence-corrected chi connectivity index (χ4v) is 1.83. The predicted molar refractivity (Wildman–Crippen MR) is 87.0 cm³/mol. The Bertz CT molecular complexity index is 731. The molecule has 124 valence electrons. The highest BCUT2D eigenvalue weighted by Gasteiger charge is 2.07. The molecule has 0 spiro atoms. The van der Waals surface area contributed by atoms with E-state index in [2.05, 4.69) is 10.6 Å². The number of carboxylic acids is 1. The van der Waals surface area contributed by atoms with Crippen molar-refractivity contribution in [3.63, 3.8) is 0 Å². The molecule has 0 aromatic heterocycles. The number of carbonyl (C=O) groups excluding carboxylic acids is 2. The summed E-state index contributed by atoms with van der Waals surface area (Å²) in [5.74, 6) is -1.55. The van der Waals surface area contributed by atoms with Crippen molar-refractivity contribution < 1.29 is 24.2 Å². The topological polar surface area (TPSA) is 105 Å². The number of ether oxygens (including phenoxy) is 1. The number of hydrogen-bond acceptors (Lipinski definition) is 4. The monoisotopic (exact) mass is 328 g/mol. The number of aliphatic carboxylic acids is 1. The molecule has 7 nitrogen and oxygen atoms in total. The van der Waals surface area contributed by atoms with E-state index in [-0.39, 0.29) is 12.5 Å². The lowest BCUT2D eigenvalue weighted by Gasteiger charge is -2.09. The normalized spacial score (nSPS) is 9.83. The molecule has 0 fully saturated rings. The van der Waals surface area contributed by atoms with Gasteiger partial charge in [-0.25, -0.2) is 0 Å². The van der Waals surface area contributed by atoms with Gasteiger partial charge in [0.1, 0.15) is 12.3 Å². The van der Waals surface area contributed by atoms with Crippen LogP contribution in [0.1, 0.15) is 10.4 Å². The van der Waals surface area contributed by atoms with Gasteiger partial charge >= 0.3 is 5.97 Å². The van der Waals surface area contributed by atoms with Crippen molar-refractivity contribution >= 4 is 23.5 Å². The summed E-state index contributed by atoms with van der Waals surface area (Å²) in [6, 6.07) is 15.3. The van der Waals surface area contributed by atoms with Crippen LogP contribution in [0.3, 0.4) is 0 Å². The summed E-state index contributed by atoms with van der Waals surface area (Å²) in [5.41, 5.74) is 1.05. The van der Waals surface area contributed by atoms with Crippen molar-refractivity contribution in [2.75, 3.05) is 18.5 Å². The van der Waals surface area contributed by atoms with Crippen LogP contribution in [0.5, 0.6) is 5.75 Å². The van der Waals surface area contributed by atoms with Gasteiger partial charge in [0.15, 0.2) is 6.61 Å². The standard InChI is InChI=1S/C17H16N2O5/c20-15(18-10-16(21)22)11-24-14-8-4-7-13(9-14)19-17(23)12-5-2-1-3-6-12/h1-9H,10-11H2,(H,18,20)(H,19,23)(H,21,22). The lowest BCUT2D eigenvalue weighted by Crippen LogP contribution is -2.33. The molecule has 2 aromatic carbocycles. The van der Waals surface area contributed by atoms with Crippen molar-refractivity contribution in [3.8, 4) is 5.75 Å². The highest BCUT2D eigenvalue weighted by atomic mass is 16.5. The quantitative estimate of drug-likeness (QED) is 0.715. The van der Waals surface area contributed by atoms with Crippen LogP contribution in [0.4, 0.5) is 5.69 Å². The number of hydrogen-bond donors (Lipinski definition) is 3. The van der Waals surface area contributed by atoms with Gasteiger partial charge in [-0.1, -0.05) is 24.3 Å². The summed E-state index contributed by atoms with van der Waals surface area (Å²) in [6.07, 6.45) is 0. The zero-order chi connectivity index (χ0) is 17.4. The van der Waals surface area contributed by atoms with E-state index >= 15 is 0 Å². The van der Waals surface area contributed by atoms with E-state index in [0.717, 1.165) is 0 Å². The van der Waals surface area contributed by atoms with E-state index in [9.17, 15) is 14.4 Å². The molecule has 0 bridgehead atoms. The van der Waals surface area contributed by atoms with E-state index < -0.39 is 18.4 Å². The molecule has 0 unspecified atom stereocenters. The van der Waals surface area contributed by atoms with Crippen molar-refractivity contribution in [3.05, 3.63) is 60.2 Å². The highest BCUT2D eigenvalue weighted by Crippen LogP contribution is 2.18. The van der Waals surface area contributed by atoms with Crippen LogP contribution in [0.25, 0.3) is 0 Å². The first-order valence-electron chi connectivity index (χ1n) is 7.12. The van der Waals surface area contributed by atoms with Gasteiger partial charge in [-0.05, 0) is 24.3 Å². The Balaban J connectivity index is 1.90.